The minimum Gasteiger partial charge on any atom is -0.327 e. The van der Waals surface area contributed by atoms with Crippen molar-refractivity contribution in [3.8, 4) is 0 Å². The van der Waals surface area contributed by atoms with E-state index in [0.29, 0.717) is 24.1 Å². The lowest BCUT2D eigenvalue weighted by Crippen LogP contribution is -2.35. The van der Waals surface area contributed by atoms with E-state index >= 15 is 0 Å². The molecule has 0 amide bonds. The van der Waals surface area contributed by atoms with Crippen LogP contribution in [0, 0.1) is 29.9 Å². The maximum Gasteiger partial charge on any atom is 0.270 e. The Bertz CT molecular complexity index is 669. The van der Waals surface area contributed by atoms with Gasteiger partial charge < -0.3 is 5.73 Å². The second kappa shape index (κ2) is 8.75. The van der Waals surface area contributed by atoms with Gasteiger partial charge in [-0.1, -0.05) is 13.8 Å². The normalized spacial score (nSPS) is 13.0. The SMILES string of the molecule is Cc1cc([N+](=O)[O-])cc(C)c1S(=O)(=O)N(C)CCC(N)C(C)C.Cl. The van der Waals surface area contributed by atoms with Gasteiger partial charge >= 0.3 is 0 Å². The van der Waals surface area contributed by atoms with Gasteiger partial charge in [-0.25, -0.2) is 12.7 Å². The summed E-state index contributed by atoms with van der Waals surface area (Å²) in [5.41, 5.74) is 6.60. The van der Waals surface area contributed by atoms with Gasteiger partial charge in [0, 0.05) is 31.8 Å². The minimum atomic E-state index is -3.71. The van der Waals surface area contributed by atoms with Crippen LogP contribution in [0.5, 0.6) is 0 Å². The lowest BCUT2D eigenvalue weighted by Gasteiger charge is -2.22. The van der Waals surface area contributed by atoms with Crippen molar-refractivity contribution in [3.63, 3.8) is 0 Å². The first-order valence-electron chi connectivity index (χ1n) is 7.46. The van der Waals surface area contributed by atoms with E-state index in [1.165, 1.54) is 23.5 Å². The zero-order valence-corrected chi connectivity index (χ0v) is 16.3. The highest BCUT2D eigenvalue weighted by Gasteiger charge is 2.27. The highest BCUT2D eigenvalue weighted by molar-refractivity contribution is 7.89. The van der Waals surface area contributed by atoms with Crippen molar-refractivity contribution in [1.82, 2.24) is 4.31 Å². The number of nitrogens with two attached hydrogens (primary N) is 1. The van der Waals surface area contributed by atoms with Gasteiger partial charge in [0.1, 0.15) is 0 Å². The largest absolute Gasteiger partial charge is 0.327 e. The number of hydrogen-bond donors (Lipinski definition) is 1. The van der Waals surface area contributed by atoms with Crippen LogP contribution in [-0.2, 0) is 10.0 Å². The summed E-state index contributed by atoms with van der Waals surface area (Å²) in [4.78, 5) is 10.5. The van der Waals surface area contributed by atoms with Crippen LogP contribution < -0.4 is 5.73 Å². The van der Waals surface area contributed by atoms with Crippen LogP contribution >= 0.6 is 12.4 Å². The van der Waals surface area contributed by atoms with Crippen molar-refractivity contribution >= 4 is 28.1 Å². The molecule has 0 saturated heterocycles. The first-order valence-corrected chi connectivity index (χ1v) is 8.90. The molecule has 0 aliphatic heterocycles. The van der Waals surface area contributed by atoms with Crippen LogP contribution in [-0.4, -0.2) is 37.3 Å². The fraction of sp³-hybridized carbons (Fsp3) is 0.600. The van der Waals surface area contributed by atoms with Crippen LogP contribution in [0.4, 0.5) is 5.69 Å². The smallest absolute Gasteiger partial charge is 0.270 e. The molecule has 0 fully saturated rings. The number of nitro groups is 1. The van der Waals surface area contributed by atoms with Gasteiger partial charge in [0.05, 0.1) is 9.82 Å². The number of nitro benzene ring substituents is 1. The molecule has 7 nitrogen and oxygen atoms in total. The zero-order chi connectivity index (χ0) is 17.9. The number of non-ortho nitro benzene ring substituents is 1. The molecule has 1 aromatic rings. The van der Waals surface area contributed by atoms with E-state index < -0.39 is 14.9 Å². The topological polar surface area (TPSA) is 107 Å². The Kier molecular flexibility index (Phi) is 8.31. The highest BCUT2D eigenvalue weighted by atomic mass is 35.5. The number of sulfonamides is 1. The maximum atomic E-state index is 12.8. The molecule has 9 heteroatoms. The Labute approximate surface area is 149 Å². The summed E-state index contributed by atoms with van der Waals surface area (Å²) in [6.45, 7) is 7.42. The Hall–Kier alpha value is -1.22. The summed E-state index contributed by atoms with van der Waals surface area (Å²) in [7, 11) is -2.21. The van der Waals surface area contributed by atoms with Gasteiger partial charge in [-0.05, 0) is 37.3 Å². The molecular formula is C15H26ClN3O4S. The zero-order valence-electron chi connectivity index (χ0n) is 14.6. The van der Waals surface area contributed by atoms with Crippen molar-refractivity contribution in [3.05, 3.63) is 33.4 Å². The maximum absolute atomic E-state index is 12.8. The molecule has 1 aromatic carbocycles. The van der Waals surface area contributed by atoms with Crippen molar-refractivity contribution in [2.45, 2.75) is 45.1 Å². The van der Waals surface area contributed by atoms with Crippen LogP contribution in [0.1, 0.15) is 31.4 Å². The van der Waals surface area contributed by atoms with Crippen LogP contribution in [0.15, 0.2) is 17.0 Å². The Morgan fingerprint density at radius 2 is 1.71 bits per heavy atom. The van der Waals surface area contributed by atoms with E-state index in [1.54, 1.807) is 13.8 Å². The quantitative estimate of drug-likeness (QED) is 0.578. The summed E-state index contributed by atoms with van der Waals surface area (Å²) >= 11 is 0. The molecule has 0 aromatic heterocycles. The number of rotatable bonds is 7. The van der Waals surface area contributed by atoms with E-state index in [0.717, 1.165) is 0 Å². The highest BCUT2D eigenvalue weighted by Crippen LogP contribution is 2.27. The monoisotopic (exact) mass is 379 g/mol. The lowest BCUT2D eigenvalue weighted by atomic mass is 10.0. The third-order valence-corrected chi connectivity index (χ3v) is 6.12. The number of nitrogens with zero attached hydrogens (tertiary/aromatic N) is 2. The van der Waals surface area contributed by atoms with E-state index in [1.807, 2.05) is 13.8 Å². The average Bonchev–Trinajstić information content (AvgIpc) is 2.42. The molecule has 0 saturated carbocycles. The van der Waals surface area contributed by atoms with Gasteiger partial charge in [0.15, 0.2) is 0 Å². The van der Waals surface area contributed by atoms with Crippen molar-refractivity contribution in [2.24, 2.45) is 11.7 Å². The molecule has 2 N–H and O–H groups in total. The molecule has 0 aliphatic carbocycles. The van der Waals surface area contributed by atoms with Gasteiger partial charge in [-0.2, -0.15) is 0 Å². The second-order valence-electron chi connectivity index (χ2n) is 6.19. The molecule has 1 atom stereocenters. The second-order valence-corrected chi connectivity index (χ2v) is 8.17. The van der Waals surface area contributed by atoms with Crippen LogP contribution in [0.2, 0.25) is 0 Å². The molecule has 0 radical (unpaired) electrons. The summed E-state index contributed by atoms with van der Waals surface area (Å²) in [5.74, 6) is 0.272. The summed E-state index contributed by atoms with van der Waals surface area (Å²) in [6.07, 6.45) is 0.554. The van der Waals surface area contributed by atoms with Crippen molar-refractivity contribution in [1.29, 1.82) is 0 Å². The van der Waals surface area contributed by atoms with Crippen molar-refractivity contribution < 1.29 is 13.3 Å². The number of benzene rings is 1. The van der Waals surface area contributed by atoms with Gasteiger partial charge in [0.2, 0.25) is 10.0 Å². The van der Waals surface area contributed by atoms with E-state index in [-0.39, 0.29) is 34.9 Å². The molecule has 1 unspecified atom stereocenters. The Balaban J connectivity index is 0.00000529. The third kappa shape index (κ3) is 5.14. The predicted octanol–water partition coefficient (Wildman–Crippen LogP) is 2.63. The van der Waals surface area contributed by atoms with E-state index in [4.69, 9.17) is 5.73 Å². The Morgan fingerprint density at radius 1 is 1.25 bits per heavy atom. The average molecular weight is 380 g/mol. The fourth-order valence-corrected chi connectivity index (χ4v) is 3.97. The van der Waals surface area contributed by atoms with Crippen LogP contribution in [0.25, 0.3) is 0 Å². The molecule has 0 bridgehead atoms. The molecule has 0 spiro atoms. The van der Waals surface area contributed by atoms with Gasteiger partial charge in [-0.3, -0.25) is 10.1 Å². The fourth-order valence-electron chi connectivity index (χ4n) is 2.38. The standard InChI is InChI=1S/C15H25N3O4S.ClH/c1-10(2)14(16)6-7-17(5)23(21,22)15-11(3)8-13(18(19)20)9-12(15)4;/h8-10,14H,6-7,16H2,1-5H3;1H. The first kappa shape index (κ1) is 22.8. The van der Waals surface area contributed by atoms with E-state index in [9.17, 15) is 18.5 Å². The third-order valence-electron chi connectivity index (χ3n) is 3.96. The summed E-state index contributed by atoms with van der Waals surface area (Å²) < 4.78 is 26.8. The molecule has 0 aliphatic rings. The van der Waals surface area contributed by atoms with Gasteiger partial charge in [0.25, 0.3) is 5.69 Å². The van der Waals surface area contributed by atoms with Crippen LogP contribution in [0.3, 0.4) is 0 Å². The first-order chi connectivity index (χ1) is 10.5. The number of hydrogen-bond acceptors (Lipinski definition) is 5. The summed E-state index contributed by atoms with van der Waals surface area (Å²) in [6, 6.07) is 2.49. The molecule has 138 valence electrons. The molecule has 1 rings (SSSR count). The van der Waals surface area contributed by atoms with Crippen molar-refractivity contribution in [2.75, 3.05) is 13.6 Å². The predicted molar refractivity (Wildman–Crippen MR) is 97.1 cm³/mol. The molecule has 0 heterocycles. The minimum absolute atomic E-state index is 0. The number of aryl methyl sites for hydroxylation is 2. The van der Waals surface area contributed by atoms with E-state index in [2.05, 4.69) is 0 Å². The van der Waals surface area contributed by atoms with Gasteiger partial charge in [-0.15, -0.1) is 12.4 Å². The molecule has 24 heavy (non-hydrogen) atoms. The summed E-state index contributed by atoms with van der Waals surface area (Å²) in [5, 5.41) is 10.9. The Morgan fingerprint density at radius 3 is 2.08 bits per heavy atom. The number of halogens is 1. The molecular weight excluding hydrogens is 354 g/mol. The lowest BCUT2D eigenvalue weighted by molar-refractivity contribution is -0.385.